The topological polar surface area (TPSA) is 162 Å². The van der Waals surface area contributed by atoms with Crippen LogP contribution in [0.3, 0.4) is 0 Å². The Balaban J connectivity index is 1.76. The van der Waals surface area contributed by atoms with E-state index in [0.717, 1.165) is 11.5 Å². The molecule has 0 aliphatic carbocycles. The van der Waals surface area contributed by atoms with Crippen molar-refractivity contribution >= 4 is 28.5 Å². The Hall–Kier alpha value is -4.85. The van der Waals surface area contributed by atoms with Crippen LogP contribution >= 0.6 is 0 Å². The molecule has 0 radical (unpaired) electrons. The Morgan fingerprint density at radius 3 is 2.71 bits per heavy atom. The van der Waals surface area contributed by atoms with Gasteiger partial charge in [0.05, 0.1) is 17.3 Å². The molecule has 5 N–H and O–H groups in total. The van der Waals surface area contributed by atoms with Gasteiger partial charge < -0.3 is 30.4 Å². The summed E-state index contributed by atoms with van der Waals surface area (Å²) in [5.41, 5.74) is 8.12. The number of nitrogens with two attached hydrogens (primary N) is 1. The zero-order valence-corrected chi connectivity index (χ0v) is 18.9. The van der Waals surface area contributed by atoms with Gasteiger partial charge in [0.1, 0.15) is 17.1 Å². The smallest absolute Gasteiger partial charge is 0.327 e. The van der Waals surface area contributed by atoms with Crippen molar-refractivity contribution in [3.8, 4) is 29.5 Å². The van der Waals surface area contributed by atoms with Gasteiger partial charge in [0, 0.05) is 38.3 Å². The second kappa shape index (κ2) is 9.33. The number of ether oxygens (including phenoxy) is 2. The largest absolute Gasteiger partial charge is 0.435 e. The van der Waals surface area contributed by atoms with E-state index in [0.29, 0.717) is 40.3 Å². The van der Waals surface area contributed by atoms with Crippen LogP contribution in [0, 0.1) is 16.7 Å². The fraction of sp³-hybridized carbons (Fsp3) is 0.174. The lowest BCUT2D eigenvalue weighted by atomic mass is 10.2. The number of imidazole rings is 1. The second-order valence-corrected chi connectivity index (χ2v) is 7.51. The van der Waals surface area contributed by atoms with Crippen LogP contribution in [0.1, 0.15) is 18.3 Å². The fourth-order valence-electron chi connectivity index (χ4n) is 3.22. The van der Waals surface area contributed by atoms with Crippen molar-refractivity contribution in [2.45, 2.75) is 13.3 Å². The van der Waals surface area contributed by atoms with E-state index in [9.17, 15) is 5.26 Å². The molecule has 0 aliphatic rings. The number of nitrogens with zero attached hydrogens (tertiary/aromatic N) is 5. The molecule has 0 atom stereocenters. The summed E-state index contributed by atoms with van der Waals surface area (Å²) in [5.74, 6) is 1.63. The van der Waals surface area contributed by atoms with Gasteiger partial charge in [-0.05, 0) is 24.3 Å². The lowest BCUT2D eigenvalue weighted by molar-refractivity contribution is 0.417. The fourth-order valence-corrected chi connectivity index (χ4v) is 3.22. The summed E-state index contributed by atoms with van der Waals surface area (Å²) in [4.78, 5) is 18.5. The van der Waals surface area contributed by atoms with Crippen molar-refractivity contribution in [3.63, 3.8) is 0 Å². The number of fused-ring (bicyclic) bond motifs is 1. The molecule has 0 fully saturated rings. The van der Waals surface area contributed by atoms with Gasteiger partial charge in [-0.1, -0.05) is 13.0 Å². The number of hydrogen-bond donors (Lipinski definition) is 4. The van der Waals surface area contributed by atoms with E-state index >= 15 is 0 Å². The average Bonchev–Trinajstić information content (AvgIpc) is 3.22. The van der Waals surface area contributed by atoms with Crippen molar-refractivity contribution < 1.29 is 9.47 Å². The number of rotatable bonds is 7. The number of H-pyrrole nitrogens is 1. The summed E-state index contributed by atoms with van der Waals surface area (Å²) in [6.07, 6.45) is 0.664. The maximum absolute atomic E-state index is 9.34. The van der Waals surface area contributed by atoms with E-state index in [1.54, 1.807) is 36.4 Å². The van der Waals surface area contributed by atoms with Crippen LogP contribution < -0.4 is 25.4 Å². The summed E-state index contributed by atoms with van der Waals surface area (Å²) in [5, 5.41) is 19.4. The van der Waals surface area contributed by atoms with E-state index in [1.807, 2.05) is 32.0 Å². The zero-order valence-electron chi connectivity index (χ0n) is 18.9. The lowest BCUT2D eigenvalue weighted by Gasteiger charge is -2.17. The first-order valence-corrected chi connectivity index (χ1v) is 10.4. The molecule has 0 saturated carbocycles. The first kappa shape index (κ1) is 22.3. The highest BCUT2D eigenvalue weighted by molar-refractivity contribution is 5.89. The molecule has 0 saturated heterocycles. The van der Waals surface area contributed by atoms with Gasteiger partial charge in [-0.25, -0.2) is 4.98 Å². The molecule has 2 heterocycles. The monoisotopic (exact) mass is 457 g/mol. The van der Waals surface area contributed by atoms with Crippen LogP contribution in [-0.2, 0) is 6.42 Å². The molecule has 11 nitrogen and oxygen atoms in total. The predicted octanol–water partition coefficient (Wildman–Crippen LogP) is 3.74. The van der Waals surface area contributed by atoms with Crippen molar-refractivity contribution in [3.05, 3.63) is 53.9 Å². The Bertz CT molecular complexity index is 1410. The SMILES string of the molecule is CCc1nc2nc(Oc3cccc(NC(=N)N)c3)nc(Oc3cc(C#N)ccc3N(C)C)c2[nH]1. The van der Waals surface area contributed by atoms with E-state index < -0.39 is 0 Å². The molecule has 0 amide bonds. The van der Waals surface area contributed by atoms with Gasteiger partial charge in [0.25, 0.3) is 5.88 Å². The number of hydrogen-bond acceptors (Lipinski definition) is 8. The van der Waals surface area contributed by atoms with Gasteiger partial charge in [0.2, 0.25) is 0 Å². The molecule has 0 spiro atoms. The number of anilines is 2. The van der Waals surface area contributed by atoms with Crippen molar-refractivity contribution in [2.75, 3.05) is 24.3 Å². The van der Waals surface area contributed by atoms with Crippen LogP contribution in [0.15, 0.2) is 42.5 Å². The molecule has 4 aromatic rings. The van der Waals surface area contributed by atoms with Crippen LogP contribution in [0.25, 0.3) is 11.2 Å². The second-order valence-electron chi connectivity index (χ2n) is 7.51. The molecule has 11 heteroatoms. The van der Waals surface area contributed by atoms with E-state index in [2.05, 4.69) is 31.3 Å². The number of nitrogens with one attached hydrogen (secondary N) is 3. The quantitative estimate of drug-likeness (QED) is 0.239. The highest BCUT2D eigenvalue weighted by Gasteiger charge is 2.18. The highest BCUT2D eigenvalue weighted by Crippen LogP contribution is 2.35. The molecule has 2 aromatic carbocycles. The molecule has 4 rings (SSSR count). The van der Waals surface area contributed by atoms with Gasteiger partial charge in [-0.15, -0.1) is 0 Å². The van der Waals surface area contributed by atoms with Gasteiger partial charge in [0.15, 0.2) is 17.4 Å². The van der Waals surface area contributed by atoms with E-state index in [-0.39, 0.29) is 17.9 Å². The summed E-state index contributed by atoms with van der Waals surface area (Å²) >= 11 is 0. The predicted molar refractivity (Wildman–Crippen MR) is 129 cm³/mol. The Kier molecular flexibility index (Phi) is 6.13. The third-order valence-corrected chi connectivity index (χ3v) is 4.78. The molecular formula is C23H23N9O2. The number of aromatic nitrogens is 4. The van der Waals surface area contributed by atoms with Crippen molar-refractivity contribution in [1.82, 2.24) is 19.9 Å². The van der Waals surface area contributed by atoms with Crippen molar-refractivity contribution in [2.24, 2.45) is 5.73 Å². The van der Waals surface area contributed by atoms with Crippen LogP contribution in [0.2, 0.25) is 0 Å². The molecule has 0 unspecified atom stereocenters. The third kappa shape index (κ3) is 4.81. The lowest BCUT2D eigenvalue weighted by Crippen LogP contribution is -2.20. The molecule has 0 aliphatic heterocycles. The third-order valence-electron chi connectivity index (χ3n) is 4.78. The minimum absolute atomic E-state index is 0.0273. The Morgan fingerprint density at radius 2 is 2.00 bits per heavy atom. The number of benzene rings is 2. The van der Waals surface area contributed by atoms with Gasteiger partial charge in [-0.3, -0.25) is 5.41 Å². The summed E-state index contributed by atoms with van der Waals surface area (Å²) in [7, 11) is 3.76. The first-order valence-electron chi connectivity index (χ1n) is 10.4. The van der Waals surface area contributed by atoms with Gasteiger partial charge >= 0.3 is 6.01 Å². The van der Waals surface area contributed by atoms with Crippen LogP contribution in [0.5, 0.6) is 23.4 Å². The van der Waals surface area contributed by atoms with Gasteiger partial charge in [-0.2, -0.15) is 15.2 Å². The molecule has 172 valence electrons. The zero-order chi connectivity index (χ0) is 24.2. The molecular weight excluding hydrogens is 434 g/mol. The summed E-state index contributed by atoms with van der Waals surface area (Å²) in [6.45, 7) is 1.97. The minimum atomic E-state index is -0.189. The van der Waals surface area contributed by atoms with Crippen LogP contribution in [-0.4, -0.2) is 40.0 Å². The first-order chi connectivity index (χ1) is 16.4. The Labute approximate surface area is 195 Å². The summed E-state index contributed by atoms with van der Waals surface area (Å²) < 4.78 is 12.1. The normalized spacial score (nSPS) is 10.5. The van der Waals surface area contributed by atoms with E-state index in [1.165, 1.54) is 0 Å². The maximum atomic E-state index is 9.34. The van der Waals surface area contributed by atoms with Crippen LogP contribution in [0.4, 0.5) is 11.4 Å². The molecule has 0 bridgehead atoms. The standard InChI is InChI=1S/C23H23N9O2/c1-4-18-28-19-20(29-18)30-23(33-15-7-5-6-14(11-15)27-22(25)26)31-21(19)34-17-10-13(12-24)8-9-16(17)32(2)3/h5-11H,4H2,1-3H3,(H4,25,26,27)(H,28,29,30,31). The maximum Gasteiger partial charge on any atom is 0.327 e. The average molecular weight is 457 g/mol. The number of nitriles is 1. The van der Waals surface area contributed by atoms with Crippen molar-refractivity contribution in [1.29, 1.82) is 10.7 Å². The minimum Gasteiger partial charge on any atom is -0.435 e. The van der Waals surface area contributed by atoms with E-state index in [4.69, 9.17) is 20.6 Å². The Morgan fingerprint density at radius 1 is 1.18 bits per heavy atom. The number of aryl methyl sites for hydroxylation is 1. The molecule has 34 heavy (non-hydrogen) atoms. The summed E-state index contributed by atoms with van der Waals surface area (Å²) in [6, 6.07) is 14.2. The molecule has 2 aromatic heterocycles. The highest BCUT2D eigenvalue weighted by atomic mass is 16.5. The number of aromatic amines is 1. The number of guanidine groups is 1.